The van der Waals surface area contributed by atoms with E-state index in [1.54, 1.807) is 6.92 Å². The maximum absolute atomic E-state index is 12.1. The summed E-state index contributed by atoms with van der Waals surface area (Å²) in [5.41, 5.74) is 0.749. The van der Waals surface area contributed by atoms with E-state index in [4.69, 9.17) is 4.74 Å². The van der Waals surface area contributed by atoms with Crippen molar-refractivity contribution in [1.29, 1.82) is 0 Å². The van der Waals surface area contributed by atoms with Crippen LogP contribution in [0.15, 0.2) is 24.3 Å². The molecule has 0 spiro atoms. The zero-order chi connectivity index (χ0) is 15.5. The van der Waals surface area contributed by atoms with Crippen molar-refractivity contribution in [2.45, 2.75) is 25.8 Å². The summed E-state index contributed by atoms with van der Waals surface area (Å²) in [5.74, 6) is -0.304. The minimum absolute atomic E-state index is 0. The number of anilines is 1. The van der Waals surface area contributed by atoms with Crippen LogP contribution in [0.25, 0.3) is 10.1 Å². The van der Waals surface area contributed by atoms with Crippen LogP contribution in [-0.2, 0) is 9.53 Å². The third kappa shape index (κ3) is 4.02. The number of ether oxygens (including phenoxy) is 1. The molecule has 1 unspecified atom stereocenters. The molecule has 2 N–H and O–H groups in total. The van der Waals surface area contributed by atoms with Gasteiger partial charge in [0, 0.05) is 10.4 Å². The molecule has 1 atom stereocenters. The van der Waals surface area contributed by atoms with E-state index < -0.39 is 0 Å². The first-order chi connectivity index (χ1) is 10.7. The molecule has 0 aliphatic carbocycles. The molecule has 1 fully saturated rings. The van der Waals surface area contributed by atoms with E-state index in [0.717, 1.165) is 35.2 Å². The molecule has 1 aliphatic heterocycles. The lowest BCUT2D eigenvalue weighted by molar-refractivity contribution is -0.117. The highest BCUT2D eigenvalue weighted by Gasteiger charge is 2.22. The van der Waals surface area contributed by atoms with Gasteiger partial charge < -0.3 is 15.4 Å². The van der Waals surface area contributed by atoms with Crippen molar-refractivity contribution in [1.82, 2.24) is 5.32 Å². The summed E-state index contributed by atoms with van der Waals surface area (Å²) < 4.78 is 6.01. The second-order valence-corrected chi connectivity index (χ2v) is 6.31. The van der Waals surface area contributed by atoms with Crippen molar-refractivity contribution in [3.8, 4) is 0 Å². The Labute approximate surface area is 144 Å². The quantitative estimate of drug-likeness (QED) is 0.827. The first-order valence-corrected chi connectivity index (χ1v) is 8.24. The van der Waals surface area contributed by atoms with E-state index in [-0.39, 0.29) is 30.3 Å². The fraction of sp³-hybridized carbons (Fsp3) is 0.375. The number of rotatable bonds is 4. The van der Waals surface area contributed by atoms with E-state index in [0.29, 0.717) is 11.5 Å². The highest BCUT2D eigenvalue weighted by atomic mass is 35.5. The zero-order valence-corrected chi connectivity index (χ0v) is 14.4. The van der Waals surface area contributed by atoms with Gasteiger partial charge in [0.05, 0.1) is 12.6 Å². The molecule has 7 heteroatoms. The van der Waals surface area contributed by atoms with Gasteiger partial charge in [-0.3, -0.25) is 4.79 Å². The van der Waals surface area contributed by atoms with Crippen molar-refractivity contribution in [2.75, 3.05) is 18.5 Å². The van der Waals surface area contributed by atoms with Crippen LogP contribution >= 0.6 is 23.7 Å². The Morgan fingerprint density at radius 2 is 2.22 bits per heavy atom. The number of amides is 1. The van der Waals surface area contributed by atoms with Crippen LogP contribution in [0.2, 0.25) is 0 Å². The van der Waals surface area contributed by atoms with Crippen LogP contribution in [0, 0.1) is 0 Å². The molecule has 0 bridgehead atoms. The maximum atomic E-state index is 12.1. The van der Waals surface area contributed by atoms with Crippen LogP contribution in [-0.4, -0.2) is 31.1 Å². The Morgan fingerprint density at radius 3 is 2.91 bits per heavy atom. The molecule has 1 amide bonds. The van der Waals surface area contributed by atoms with E-state index >= 15 is 0 Å². The summed E-state index contributed by atoms with van der Waals surface area (Å²) in [7, 11) is 0. The topological polar surface area (TPSA) is 67.4 Å². The van der Waals surface area contributed by atoms with Crippen LogP contribution < -0.4 is 10.6 Å². The Bertz CT molecular complexity index is 710. The molecule has 5 nitrogen and oxygen atoms in total. The summed E-state index contributed by atoms with van der Waals surface area (Å²) in [6, 6.07) is 7.37. The zero-order valence-electron chi connectivity index (χ0n) is 12.8. The van der Waals surface area contributed by atoms with Crippen molar-refractivity contribution < 1.29 is 14.3 Å². The summed E-state index contributed by atoms with van der Waals surface area (Å²) in [5, 5.41) is 7.04. The molecule has 2 aromatic rings. The van der Waals surface area contributed by atoms with Gasteiger partial charge in [0.2, 0.25) is 5.91 Å². The highest BCUT2D eigenvalue weighted by Crippen LogP contribution is 2.28. The molecule has 23 heavy (non-hydrogen) atoms. The first-order valence-electron chi connectivity index (χ1n) is 7.42. The Morgan fingerprint density at radius 1 is 1.39 bits per heavy atom. The predicted octanol–water partition coefficient (Wildman–Crippen LogP) is 3.19. The minimum atomic E-state index is -0.301. The van der Waals surface area contributed by atoms with Gasteiger partial charge >= 0.3 is 5.97 Å². The number of halogens is 1. The van der Waals surface area contributed by atoms with E-state index in [2.05, 4.69) is 10.6 Å². The average molecular weight is 355 g/mol. The summed E-state index contributed by atoms with van der Waals surface area (Å²) in [4.78, 5) is 24.4. The van der Waals surface area contributed by atoms with Gasteiger partial charge in [-0.1, -0.05) is 0 Å². The van der Waals surface area contributed by atoms with E-state index in [1.807, 2.05) is 24.3 Å². The number of fused-ring (bicyclic) bond motifs is 1. The fourth-order valence-electron chi connectivity index (χ4n) is 2.56. The van der Waals surface area contributed by atoms with Crippen LogP contribution in [0.1, 0.15) is 29.4 Å². The summed E-state index contributed by atoms with van der Waals surface area (Å²) in [6.45, 7) is 3.04. The predicted molar refractivity (Wildman–Crippen MR) is 94.7 cm³/mol. The molecule has 1 aromatic carbocycles. The third-order valence-electron chi connectivity index (χ3n) is 3.64. The lowest BCUT2D eigenvalue weighted by atomic mass is 10.2. The molecule has 1 saturated heterocycles. The maximum Gasteiger partial charge on any atom is 0.348 e. The molecular weight excluding hydrogens is 336 g/mol. The number of nitrogens with one attached hydrogen (secondary N) is 2. The number of esters is 1. The van der Waals surface area contributed by atoms with Gasteiger partial charge in [0.1, 0.15) is 4.88 Å². The number of carbonyl (C=O) groups excluding carboxylic acids is 2. The minimum Gasteiger partial charge on any atom is -0.462 e. The summed E-state index contributed by atoms with van der Waals surface area (Å²) in [6.07, 6.45) is 1.91. The van der Waals surface area contributed by atoms with Crippen LogP contribution in [0.4, 0.5) is 5.69 Å². The molecule has 0 radical (unpaired) electrons. The Balaban J connectivity index is 0.00000192. The number of carbonyl (C=O) groups is 2. The highest BCUT2D eigenvalue weighted by molar-refractivity contribution is 7.20. The Hall–Kier alpha value is -1.63. The van der Waals surface area contributed by atoms with Gasteiger partial charge in [-0.25, -0.2) is 4.79 Å². The van der Waals surface area contributed by atoms with Gasteiger partial charge in [-0.05, 0) is 56.0 Å². The average Bonchev–Trinajstić information content (AvgIpc) is 3.16. The second kappa shape index (κ2) is 7.77. The number of hydrogen-bond donors (Lipinski definition) is 2. The van der Waals surface area contributed by atoms with E-state index in [9.17, 15) is 9.59 Å². The van der Waals surface area contributed by atoms with Gasteiger partial charge in [0.25, 0.3) is 0 Å². The first kappa shape index (κ1) is 17.7. The van der Waals surface area contributed by atoms with Crippen molar-refractivity contribution >= 4 is 51.4 Å². The molecule has 0 saturated carbocycles. The van der Waals surface area contributed by atoms with Gasteiger partial charge in [-0.15, -0.1) is 23.7 Å². The van der Waals surface area contributed by atoms with Crippen molar-refractivity contribution in [2.24, 2.45) is 0 Å². The van der Waals surface area contributed by atoms with Crippen molar-refractivity contribution in [3.63, 3.8) is 0 Å². The molecule has 1 aromatic heterocycles. The normalized spacial score (nSPS) is 16.8. The van der Waals surface area contributed by atoms with Gasteiger partial charge in [-0.2, -0.15) is 0 Å². The third-order valence-corrected chi connectivity index (χ3v) is 4.73. The monoisotopic (exact) mass is 354 g/mol. The summed E-state index contributed by atoms with van der Waals surface area (Å²) >= 11 is 1.40. The van der Waals surface area contributed by atoms with Crippen molar-refractivity contribution in [3.05, 3.63) is 29.1 Å². The second-order valence-electron chi connectivity index (χ2n) is 5.22. The van der Waals surface area contributed by atoms with E-state index in [1.165, 1.54) is 11.3 Å². The lowest BCUT2D eigenvalue weighted by Crippen LogP contribution is -2.35. The Kier molecular flexibility index (Phi) is 5.98. The number of thiophene rings is 1. The molecule has 124 valence electrons. The largest absolute Gasteiger partial charge is 0.462 e. The molecule has 3 rings (SSSR count). The number of hydrogen-bond acceptors (Lipinski definition) is 5. The van der Waals surface area contributed by atoms with Gasteiger partial charge in [0.15, 0.2) is 0 Å². The molecular formula is C16H19ClN2O3S. The lowest BCUT2D eigenvalue weighted by Gasteiger charge is -2.10. The molecule has 2 heterocycles. The fourth-order valence-corrected chi connectivity index (χ4v) is 3.50. The SMILES string of the molecule is CCOC(=O)c1cc2cc(NC(=O)C3CCCN3)ccc2s1.Cl. The molecule has 1 aliphatic rings. The smallest absolute Gasteiger partial charge is 0.348 e. The standard InChI is InChI=1S/C16H18N2O3S.ClH/c1-2-21-16(20)14-9-10-8-11(5-6-13(10)22-14)18-15(19)12-4-3-7-17-12;/h5-6,8-9,12,17H,2-4,7H2,1H3,(H,18,19);1H. The van der Waals surface area contributed by atoms with Crippen LogP contribution in [0.5, 0.6) is 0 Å². The van der Waals surface area contributed by atoms with Crippen LogP contribution in [0.3, 0.4) is 0 Å². The number of benzene rings is 1.